The molecule has 8 heteroatoms. The number of amides is 3. The zero-order valence-electron chi connectivity index (χ0n) is 13.1. The first kappa shape index (κ1) is 16.5. The van der Waals surface area contributed by atoms with Crippen molar-refractivity contribution in [3.63, 3.8) is 0 Å². The van der Waals surface area contributed by atoms with Crippen LogP contribution >= 0.6 is 0 Å². The van der Waals surface area contributed by atoms with Crippen LogP contribution in [0.15, 0.2) is 0 Å². The van der Waals surface area contributed by atoms with Crippen LogP contribution in [0, 0.1) is 5.92 Å². The Morgan fingerprint density at radius 2 is 1.77 bits per heavy atom. The number of piperazine rings is 1. The predicted octanol–water partition coefficient (Wildman–Crippen LogP) is -0.608. The van der Waals surface area contributed by atoms with Crippen molar-refractivity contribution in [2.75, 3.05) is 60.1 Å². The topological polar surface area (TPSA) is 79.4 Å². The summed E-state index contributed by atoms with van der Waals surface area (Å²) in [6.07, 6.45) is -0.103. The molecule has 0 bridgehead atoms. The molecule has 22 heavy (non-hydrogen) atoms. The van der Waals surface area contributed by atoms with Gasteiger partial charge in [-0.1, -0.05) is 0 Å². The minimum absolute atomic E-state index is 0.00205. The van der Waals surface area contributed by atoms with E-state index in [0.717, 1.165) is 0 Å². The standard InChI is InChI=1S/C14H23N3O5/c1-21-8-7-17-10-11(9-12(17)18)13(19)15-3-5-16(6-4-15)14(20)22-2/h11H,3-10H2,1-2H3. The van der Waals surface area contributed by atoms with Gasteiger partial charge in [0.1, 0.15) is 0 Å². The molecule has 0 aliphatic carbocycles. The van der Waals surface area contributed by atoms with Crippen LogP contribution in [-0.2, 0) is 19.1 Å². The van der Waals surface area contributed by atoms with E-state index in [2.05, 4.69) is 4.74 Å². The van der Waals surface area contributed by atoms with E-state index in [-0.39, 0.29) is 30.2 Å². The molecule has 2 rings (SSSR count). The average Bonchev–Trinajstić information content (AvgIpc) is 2.92. The molecule has 2 heterocycles. The van der Waals surface area contributed by atoms with E-state index in [9.17, 15) is 14.4 Å². The van der Waals surface area contributed by atoms with Gasteiger partial charge in [0.25, 0.3) is 0 Å². The summed E-state index contributed by atoms with van der Waals surface area (Å²) in [6.45, 7) is 3.35. The second kappa shape index (κ2) is 7.44. The zero-order chi connectivity index (χ0) is 16.1. The summed E-state index contributed by atoms with van der Waals surface area (Å²) in [4.78, 5) is 40.8. The van der Waals surface area contributed by atoms with Gasteiger partial charge in [0.05, 0.1) is 19.6 Å². The minimum Gasteiger partial charge on any atom is -0.453 e. The van der Waals surface area contributed by atoms with Gasteiger partial charge in [0.2, 0.25) is 11.8 Å². The third kappa shape index (κ3) is 3.68. The van der Waals surface area contributed by atoms with Crippen LogP contribution in [0.25, 0.3) is 0 Å². The van der Waals surface area contributed by atoms with Crippen molar-refractivity contribution < 1.29 is 23.9 Å². The van der Waals surface area contributed by atoms with Gasteiger partial charge in [0.15, 0.2) is 0 Å². The Morgan fingerprint density at radius 3 is 2.36 bits per heavy atom. The second-order valence-corrected chi connectivity index (χ2v) is 5.52. The van der Waals surface area contributed by atoms with Gasteiger partial charge in [-0.15, -0.1) is 0 Å². The quantitative estimate of drug-likeness (QED) is 0.692. The number of hydrogen-bond donors (Lipinski definition) is 0. The molecule has 2 aliphatic heterocycles. The van der Waals surface area contributed by atoms with E-state index < -0.39 is 0 Å². The molecular formula is C14H23N3O5. The fourth-order valence-electron chi connectivity index (χ4n) is 2.85. The highest BCUT2D eigenvalue weighted by atomic mass is 16.5. The van der Waals surface area contributed by atoms with Crippen LogP contribution in [0.1, 0.15) is 6.42 Å². The molecule has 2 saturated heterocycles. The summed E-state index contributed by atoms with van der Waals surface area (Å²) in [6, 6.07) is 0. The Balaban J connectivity index is 1.83. The number of likely N-dealkylation sites (tertiary alicyclic amines) is 1. The molecule has 0 radical (unpaired) electrons. The van der Waals surface area contributed by atoms with Crippen molar-refractivity contribution in [2.45, 2.75) is 6.42 Å². The van der Waals surface area contributed by atoms with Gasteiger partial charge in [-0.2, -0.15) is 0 Å². The lowest BCUT2D eigenvalue weighted by Crippen LogP contribution is -2.52. The minimum atomic E-state index is -0.367. The number of carbonyl (C=O) groups is 3. The molecule has 2 fully saturated rings. The van der Waals surface area contributed by atoms with Gasteiger partial charge >= 0.3 is 6.09 Å². The van der Waals surface area contributed by atoms with Crippen LogP contribution in [0.3, 0.4) is 0 Å². The van der Waals surface area contributed by atoms with Crippen molar-refractivity contribution >= 4 is 17.9 Å². The van der Waals surface area contributed by atoms with Gasteiger partial charge in [-0.3, -0.25) is 9.59 Å². The molecule has 0 spiro atoms. The lowest BCUT2D eigenvalue weighted by molar-refractivity contribution is -0.137. The molecular weight excluding hydrogens is 290 g/mol. The van der Waals surface area contributed by atoms with E-state index in [1.165, 1.54) is 7.11 Å². The van der Waals surface area contributed by atoms with Gasteiger partial charge in [0, 0.05) is 52.8 Å². The number of carbonyl (C=O) groups excluding carboxylic acids is 3. The highest BCUT2D eigenvalue weighted by Crippen LogP contribution is 2.20. The van der Waals surface area contributed by atoms with Gasteiger partial charge in [-0.05, 0) is 0 Å². The van der Waals surface area contributed by atoms with E-state index in [1.54, 1.807) is 21.8 Å². The van der Waals surface area contributed by atoms with Crippen LogP contribution < -0.4 is 0 Å². The Bertz CT molecular complexity index is 434. The molecule has 0 N–H and O–H groups in total. The summed E-state index contributed by atoms with van der Waals surface area (Å²) in [5, 5.41) is 0. The Labute approximate surface area is 129 Å². The van der Waals surface area contributed by atoms with Crippen LogP contribution in [-0.4, -0.2) is 92.7 Å². The zero-order valence-corrected chi connectivity index (χ0v) is 13.1. The first-order valence-corrected chi connectivity index (χ1v) is 7.45. The second-order valence-electron chi connectivity index (χ2n) is 5.52. The summed E-state index contributed by atoms with van der Waals surface area (Å²) in [5.74, 6) is -0.282. The number of nitrogens with zero attached hydrogens (tertiary/aromatic N) is 3. The summed E-state index contributed by atoms with van der Waals surface area (Å²) in [7, 11) is 2.93. The van der Waals surface area contributed by atoms with E-state index in [1.807, 2.05) is 0 Å². The first-order chi connectivity index (χ1) is 10.6. The molecule has 0 saturated carbocycles. The fourth-order valence-corrected chi connectivity index (χ4v) is 2.85. The van der Waals surface area contributed by atoms with Crippen molar-refractivity contribution in [2.24, 2.45) is 5.92 Å². The van der Waals surface area contributed by atoms with E-state index in [0.29, 0.717) is 45.9 Å². The summed E-state index contributed by atoms with van der Waals surface area (Å²) >= 11 is 0. The van der Waals surface area contributed by atoms with Crippen molar-refractivity contribution in [3.05, 3.63) is 0 Å². The summed E-state index contributed by atoms with van der Waals surface area (Å²) in [5.41, 5.74) is 0. The maximum absolute atomic E-state index is 12.5. The Hall–Kier alpha value is -1.83. The monoisotopic (exact) mass is 313 g/mol. The maximum Gasteiger partial charge on any atom is 0.409 e. The molecule has 1 atom stereocenters. The number of ether oxygens (including phenoxy) is 2. The molecule has 0 aromatic carbocycles. The predicted molar refractivity (Wildman–Crippen MR) is 77.1 cm³/mol. The van der Waals surface area contributed by atoms with Gasteiger partial charge in [-0.25, -0.2) is 4.79 Å². The highest BCUT2D eigenvalue weighted by Gasteiger charge is 2.37. The lowest BCUT2D eigenvalue weighted by Gasteiger charge is -2.35. The van der Waals surface area contributed by atoms with Gasteiger partial charge < -0.3 is 24.2 Å². The van der Waals surface area contributed by atoms with E-state index in [4.69, 9.17) is 4.74 Å². The molecule has 1 unspecified atom stereocenters. The van der Waals surface area contributed by atoms with Crippen LogP contribution in [0.2, 0.25) is 0 Å². The lowest BCUT2D eigenvalue weighted by atomic mass is 10.1. The smallest absolute Gasteiger partial charge is 0.409 e. The maximum atomic E-state index is 12.5. The molecule has 3 amide bonds. The fraction of sp³-hybridized carbons (Fsp3) is 0.786. The van der Waals surface area contributed by atoms with Crippen LogP contribution in [0.4, 0.5) is 4.79 Å². The third-order valence-corrected chi connectivity index (χ3v) is 4.15. The third-order valence-electron chi connectivity index (χ3n) is 4.15. The molecule has 124 valence electrons. The largest absolute Gasteiger partial charge is 0.453 e. The molecule has 2 aliphatic rings. The Kier molecular flexibility index (Phi) is 5.59. The van der Waals surface area contributed by atoms with Crippen molar-refractivity contribution in [3.8, 4) is 0 Å². The van der Waals surface area contributed by atoms with Crippen LogP contribution in [0.5, 0.6) is 0 Å². The van der Waals surface area contributed by atoms with Crippen molar-refractivity contribution in [1.29, 1.82) is 0 Å². The normalized spacial score (nSPS) is 22.2. The Morgan fingerprint density at radius 1 is 1.14 bits per heavy atom. The number of rotatable bonds is 4. The SMILES string of the molecule is COCCN1CC(C(=O)N2CCN(C(=O)OC)CC2)CC1=O. The highest BCUT2D eigenvalue weighted by molar-refractivity contribution is 5.89. The molecule has 0 aromatic heterocycles. The summed E-state index contributed by atoms with van der Waals surface area (Å²) < 4.78 is 9.64. The number of methoxy groups -OCH3 is 2. The van der Waals surface area contributed by atoms with Crippen molar-refractivity contribution in [1.82, 2.24) is 14.7 Å². The first-order valence-electron chi connectivity index (χ1n) is 7.45. The van der Waals surface area contributed by atoms with E-state index >= 15 is 0 Å². The molecule has 8 nitrogen and oxygen atoms in total. The molecule has 0 aromatic rings. The average molecular weight is 313 g/mol. The number of hydrogen-bond acceptors (Lipinski definition) is 5.